The lowest BCUT2D eigenvalue weighted by Gasteiger charge is -2.24. The zero-order valence-corrected chi connectivity index (χ0v) is 11.8. The van der Waals surface area contributed by atoms with Crippen LogP contribution in [-0.2, 0) is 18.3 Å². The Balaban J connectivity index is 2.11. The molecule has 2 unspecified atom stereocenters. The van der Waals surface area contributed by atoms with Gasteiger partial charge in [-0.3, -0.25) is 9.48 Å². The van der Waals surface area contributed by atoms with Crippen molar-refractivity contribution in [2.75, 3.05) is 0 Å². The van der Waals surface area contributed by atoms with Crippen molar-refractivity contribution in [2.24, 2.45) is 7.05 Å². The maximum atomic E-state index is 11.9. The molecule has 2 atom stereocenters. The third kappa shape index (κ3) is 2.54. The molecule has 17 heavy (non-hydrogen) atoms. The molecule has 1 aliphatic carbocycles. The molecule has 1 aliphatic rings. The molecule has 2 rings (SSSR count). The van der Waals surface area contributed by atoms with Crippen LogP contribution in [-0.4, -0.2) is 20.5 Å². The molecule has 5 heteroatoms. The molecule has 1 amide bonds. The van der Waals surface area contributed by atoms with E-state index >= 15 is 0 Å². The zero-order chi connectivity index (χ0) is 12.4. The molecular weight excluding hydrogens is 282 g/mol. The summed E-state index contributed by atoms with van der Waals surface area (Å²) in [6.07, 6.45) is 5.86. The van der Waals surface area contributed by atoms with E-state index in [1.54, 1.807) is 0 Å². The Hall–Kier alpha value is -0.840. The Bertz CT molecular complexity index is 416. The monoisotopic (exact) mass is 299 g/mol. The summed E-state index contributed by atoms with van der Waals surface area (Å²) in [7, 11) is 1.96. The molecule has 0 saturated heterocycles. The third-order valence-electron chi connectivity index (χ3n) is 3.34. The molecule has 1 aromatic rings. The van der Waals surface area contributed by atoms with Crippen molar-refractivity contribution >= 4 is 21.8 Å². The smallest absolute Gasteiger partial charge is 0.234 e. The highest BCUT2D eigenvalue weighted by molar-refractivity contribution is 9.10. The Morgan fingerprint density at radius 1 is 1.76 bits per heavy atom. The van der Waals surface area contributed by atoms with E-state index in [9.17, 15) is 4.79 Å². The van der Waals surface area contributed by atoms with E-state index in [2.05, 4.69) is 26.3 Å². The van der Waals surface area contributed by atoms with E-state index in [1.165, 1.54) is 11.3 Å². The van der Waals surface area contributed by atoms with Crippen molar-refractivity contribution in [3.8, 4) is 0 Å². The SMILES string of the molecule is CCC(Br)C(=O)NC1CCCc2c1cnn2C. The topological polar surface area (TPSA) is 46.9 Å². The molecule has 1 N–H and O–H groups in total. The van der Waals surface area contributed by atoms with Gasteiger partial charge in [-0.05, 0) is 25.7 Å². The molecule has 4 nitrogen and oxygen atoms in total. The predicted octanol–water partition coefficient (Wildman–Crippen LogP) is 2.09. The number of halogens is 1. The van der Waals surface area contributed by atoms with Gasteiger partial charge in [-0.2, -0.15) is 5.10 Å². The lowest BCUT2D eigenvalue weighted by Crippen LogP contribution is -2.35. The number of aromatic nitrogens is 2. The first kappa shape index (κ1) is 12.6. The standard InChI is InChI=1S/C12H18BrN3O/c1-3-9(13)12(17)15-10-5-4-6-11-8(10)7-14-16(11)2/h7,9-10H,3-6H2,1-2H3,(H,15,17). The highest BCUT2D eigenvalue weighted by Crippen LogP contribution is 2.29. The van der Waals surface area contributed by atoms with Crippen LogP contribution in [0.5, 0.6) is 0 Å². The second-order valence-corrected chi connectivity index (χ2v) is 5.60. The lowest BCUT2D eigenvalue weighted by atomic mass is 9.93. The number of aryl methyl sites for hydroxylation is 1. The number of rotatable bonds is 3. The van der Waals surface area contributed by atoms with Crippen molar-refractivity contribution in [1.29, 1.82) is 0 Å². The maximum Gasteiger partial charge on any atom is 0.234 e. The molecule has 0 fully saturated rings. The van der Waals surface area contributed by atoms with Crippen LogP contribution in [0.25, 0.3) is 0 Å². The van der Waals surface area contributed by atoms with Crippen molar-refractivity contribution in [3.05, 3.63) is 17.5 Å². The Morgan fingerprint density at radius 3 is 3.24 bits per heavy atom. The first-order valence-electron chi connectivity index (χ1n) is 6.08. The molecule has 0 aliphatic heterocycles. The van der Waals surface area contributed by atoms with Crippen molar-refractivity contribution < 1.29 is 4.79 Å². The maximum absolute atomic E-state index is 11.9. The summed E-state index contributed by atoms with van der Waals surface area (Å²) in [5.41, 5.74) is 2.44. The minimum absolute atomic E-state index is 0.0780. The van der Waals surface area contributed by atoms with Crippen LogP contribution >= 0.6 is 15.9 Å². The van der Waals surface area contributed by atoms with Gasteiger partial charge in [0.25, 0.3) is 0 Å². The Labute approximate surface area is 110 Å². The lowest BCUT2D eigenvalue weighted by molar-refractivity contribution is -0.121. The molecule has 1 aromatic heterocycles. The fraction of sp³-hybridized carbons (Fsp3) is 0.667. The first-order valence-corrected chi connectivity index (χ1v) is 7.00. The molecule has 0 radical (unpaired) electrons. The van der Waals surface area contributed by atoms with Gasteiger partial charge in [0.15, 0.2) is 0 Å². The molecule has 0 aromatic carbocycles. The quantitative estimate of drug-likeness (QED) is 0.869. The minimum atomic E-state index is -0.0930. The number of carbonyl (C=O) groups excluding carboxylic acids is 1. The van der Waals surface area contributed by atoms with E-state index in [1.807, 2.05) is 24.9 Å². The molecule has 94 valence electrons. The average Bonchev–Trinajstić information content (AvgIpc) is 2.71. The van der Waals surface area contributed by atoms with Gasteiger partial charge < -0.3 is 5.32 Å². The van der Waals surface area contributed by atoms with Gasteiger partial charge in [0.1, 0.15) is 0 Å². The molecular formula is C12H18BrN3O. The summed E-state index contributed by atoms with van der Waals surface area (Å²) in [6, 6.07) is 0.131. The number of carbonyl (C=O) groups is 1. The summed E-state index contributed by atoms with van der Waals surface area (Å²) in [4.78, 5) is 11.8. The molecule has 0 bridgehead atoms. The first-order chi connectivity index (χ1) is 8.13. The van der Waals surface area contributed by atoms with Crippen molar-refractivity contribution in [2.45, 2.75) is 43.5 Å². The number of fused-ring (bicyclic) bond motifs is 1. The van der Waals surface area contributed by atoms with Crippen LogP contribution in [0, 0.1) is 0 Å². The number of amides is 1. The summed E-state index contributed by atoms with van der Waals surface area (Å²) in [5, 5.41) is 7.37. The second-order valence-electron chi connectivity index (χ2n) is 4.50. The van der Waals surface area contributed by atoms with E-state index in [-0.39, 0.29) is 16.8 Å². The normalized spacial score (nSPS) is 20.8. The summed E-state index contributed by atoms with van der Waals surface area (Å²) in [5.74, 6) is 0.0780. The number of alkyl halides is 1. The van der Waals surface area contributed by atoms with E-state index < -0.39 is 0 Å². The van der Waals surface area contributed by atoms with Crippen molar-refractivity contribution in [3.63, 3.8) is 0 Å². The third-order valence-corrected chi connectivity index (χ3v) is 4.40. The summed E-state index contributed by atoms with van der Waals surface area (Å²) >= 11 is 3.38. The number of nitrogens with zero attached hydrogens (tertiary/aromatic N) is 2. The summed E-state index contributed by atoms with van der Waals surface area (Å²) in [6.45, 7) is 2.00. The van der Waals surface area contributed by atoms with Crippen LogP contribution in [0.2, 0.25) is 0 Å². The van der Waals surface area contributed by atoms with Crippen LogP contribution < -0.4 is 5.32 Å². The van der Waals surface area contributed by atoms with E-state index in [0.717, 1.165) is 25.7 Å². The summed E-state index contributed by atoms with van der Waals surface area (Å²) < 4.78 is 1.92. The van der Waals surface area contributed by atoms with Gasteiger partial charge in [0, 0.05) is 18.3 Å². The van der Waals surface area contributed by atoms with Gasteiger partial charge >= 0.3 is 0 Å². The van der Waals surface area contributed by atoms with E-state index in [4.69, 9.17) is 0 Å². The Kier molecular flexibility index (Phi) is 3.86. The van der Waals surface area contributed by atoms with Gasteiger partial charge in [-0.25, -0.2) is 0 Å². The largest absolute Gasteiger partial charge is 0.348 e. The fourth-order valence-corrected chi connectivity index (χ4v) is 2.44. The molecule has 0 saturated carbocycles. The fourth-order valence-electron chi connectivity index (χ4n) is 2.30. The Morgan fingerprint density at radius 2 is 2.53 bits per heavy atom. The van der Waals surface area contributed by atoms with E-state index in [0.29, 0.717) is 0 Å². The van der Waals surface area contributed by atoms with Crippen LogP contribution in [0.4, 0.5) is 0 Å². The highest BCUT2D eigenvalue weighted by Gasteiger charge is 2.26. The van der Waals surface area contributed by atoms with Gasteiger partial charge in [0.05, 0.1) is 17.1 Å². The van der Waals surface area contributed by atoms with Gasteiger partial charge in [-0.15, -0.1) is 0 Å². The van der Waals surface area contributed by atoms with Crippen LogP contribution in [0.1, 0.15) is 43.5 Å². The van der Waals surface area contributed by atoms with Gasteiger partial charge in [-0.1, -0.05) is 22.9 Å². The zero-order valence-electron chi connectivity index (χ0n) is 10.2. The average molecular weight is 300 g/mol. The predicted molar refractivity (Wildman–Crippen MR) is 70.0 cm³/mol. The van der Waals surface area contributed by atoms with Gasteiger partial charge in [0.2, 0.25) is 5.91 Å². The number of nitrogens with one attached hydrogen (secondary N) is 1. The minimum Gasteiger partial charge on any atom is -0.348 e. The number of hydrogen-bond donors (Lipinski definition) is 1. The van der Waals surface area contributed by atoms with Crippen LogP contribution in [0.3, 0.4) is 0 Å². The highest BCUT2D eigenvalue weighted by atomic mass is 79.9. The van der Waals surface area contributed by atoms with Crippen LogP contribution in [0.15, 0.2) is 6.20 Å². The molecule has 1 heterocycles. The second kappa shape index (κ2) is 5.21. The number of hydrogen-bond acceptors (Lipinski definition) is 2. The van der Waals surface area contributed by atoms with Crippen molar-refractivity contribution in [1.82, 2.24) is 15.1 Å². The molecule has 0 spiro atoms.